The van der Waals surface area contributed by atoms with Gasteiger partial charge in [0.1, 0.15) is 11.5 Å². The van der Waals surface area contributed by atoms with Crippen molar-refractivity contribution in [2.24, 2.45) is 0 Å². The molecule has 0 aliphatic heterocycles. The number of carbonyl (C=O) groups is 2. The minimum absolute atomic E-state index is 0.166. The summed E-state index contributed by atoms with van der Waals surface area (Å²) in [5, 5.41) is 9.73. The predicted molar refractivity (Wildman–Crippen MR) is 76.0 cm³/mol. The largest absolute Gasteiger partial charge is 0.507 e. The van der Waals surface area contributed by atoms with E-state index in [1.807, 2.05) is 13.8 Å². The summed E-state index contributed by atoms with van der Waals surface area (Å²) in [6.45, 7) is 4.26. The fourth-order valence-electron chi connectivity index (χ4n) is 1.58. The van der Waals surface area contributed by atoms with Crippen LogP contribution in [0.3, 0.4) is 0 Å². The van der Waals surface area contributed by atoms with E-state index in [1.54, 1.807) is 30.3 Å². The molecular formula is C16H16O4. The number of phenols is 1. The highest BCUT2D eigenvalue weighted by atomic mass is 16.5. The van der Waals surface area contributed by atoms with E-state index < -0.39 is 0 Å². The number of rotatable bonds is 4. The van der Waals surface area contributed by atoms with E-state index in [0.717, 1.165) is 0 Å². The van der Waals surface area contributed by atoms with Crippen LogP contribution in [-0.2, 0) is 4.79 Å². The van der Waals surface area contributed by atoms with Crippen LogP contribution >= 0.6 is 0 Å². The standard InChI is InChI=1S/C14H10O4.C2H6/c15-9-18-11-6-7-12(13(16)8-11)14(17)10-4-2-1-3-5-10;1-2/h1-9,16H;1-2H3. The molecule has 2 aromatic carbocycles. The van der Waals surface area contributed by atoms with Crippen LogP contribution in [0.15, 0.2) is 48.5 Å². The van der Waals surface area contributed by atoms with E-state index in [2.05, 4.69) is 4.74 Å². The molecule has 0 heterocycles. The third-order valence-corrected chi connectivity index (χ3v) is 2.43. The number of phenolic OH excluding ortho intramolecular Hbond substituents is 1. The highest BCUT2D eigenvalue weighted by Crippen LogP contribution is 2.25. The van der Waals surface area contributed by atoms with Gasteiger partial charge in [0, 0.05) is 11.6 Å². The van der Waals surface area contributed by atoms with Crippen molar-refractivity contribution in [1.29, 1.82) is 0 Å². The monoisotopic (exact) mass is 272 g/mol. The second kappa shape index (κ2) is 7.74. The van der Waals surface area contributed by atoms with Crippen LogP contribution in [0, 0.1) is 0 Å². The van der Waals surface area contributed by atoms with E-state index >= 15 is 0 Å². The Morgan fingerprint density at radius 1 is 1.10 bits per heavy atom. The number of hydrogen-bond donors (Lipinski definition) is 1. The first-order valence-corrected chi connectivity index (χ1v) is 6.25. The zero-order valence-corrected chi connectivity index (χ0v) is 11.4. The zero-order valence-electron chi connectivity index (χ0n) is 11.4. The number of carbonyl (C=O) groups excluding carboxylic acids is 2. The maximum absolute atomic E-state index is 12.1. The fraction of sp³-hybridized carbons (Fsp3) is 0.125. The minimum atomic E-state index is -0.286. The molecule has 2 aromatic rings. The lowest BCUT2D eigenvalue weighted by molar-refractivity contribution is -0.120. The van der Waals surface area contributed by atoms with E-state index in [0.29, 0.717) is 5.56 Å². The van der Waals surface area contributed by atoms with E-state index in [1.165, 1.54) is 18.2 Å². The van der Waals surface area contributed by atoms with Gasteiger partial charge < -0.3 is 9.84 Å². The van der Waals surface area contributed by atoms with Gasteiger partial charge in [-0.2, -0.15) is 0 Å². The first-order chi connectivity index (χ1) is 9.72. The molecule has 104 valence electrons. The molecule has 2 rings (SSSR count). The van der Waals surface area contributed by atoms with Crippen LogP contribution in [0.1, 0.15) is 29.8 Å². The lowest BCUT2D eigenvalue weighted by Crippen LogP contribution is -2.01. The lowest BCUT2D eigenvalue weighted by atomic mass is 10.0. The smallest absolute Gasteiger partial charge is 0.298 e. The van der Waals surface area contributed by atoms with Gasteiger partial charge in [-0.15, -0.1) is 0 Å². The summed E-state index contributed by atoms with van der Waals surface area (Å²) in [6.07, 6.45) is 0. The Balaban J connectivity index is 0.000000956. The molecule has 20 heavy (non-hydrogen) atoms. The molecule has 0 atom stereocenters. The number of hydrogen-bond acceptors (Lipinski definition) is 4. The van der Waals surface area contributed by atoms with Crippen LogP contribution in [0.25, 0.3) is 0 Å². The van der Waals surface area contributed by atoms with E-state index in [4.69, 9.17) is 0 Å². The van der Waals surface area contributed by atoms with Crippen LogP contribution in [0.2, 0.25) is 0 Å². The SMILES string of the molecule is CC.O=COc1ccc(C(=O)c2ccccc2)c(O)c1. The highest BCUT2D eigenvalue weighted by molar-refractivity contribution is 6.10. The Bertz CT molecular complexity index is 576. The molecule has 0 saturated carbocycles. The molecule has 0 amide bonds. The Morgan fingerprint density at radius 3 is 2.30 bits per heavy atom. The van der Waals surface area contributed by atoms with Crippen molar-refractivity contribution in [2.45, 2.75) is 13.8 Å². The van der Waals surface area contributed by atoms with Gasteiger partial charge in [0.2, 0.25) is 0 Å². The van der Waals surface area contributed by atoms with Gasteiger partial charge in [-0.05, 0) is 12.1 Å². The van der Waals surface area contributed by atoms with Crippen LogP contribution in [0.4, 0.5) is 0 Å². The van der Waals surface area contributed by atoms with Gasteiger partial charge in [-0.25, -0.2) is 0 Å². The quantitative estimate of drug-likeness (QED) is 0.685. The molecule has 0 radical (unpaired) electrons. The first-order valence-electron chi connectivity index (χ1n) is 6.25. The maximum atomic E-state index is 12.1. The summed E-state index contributed by atoms with van der Waals surface area (Å²) in [7, 11) is 0. The van der Waals surface area contributed by atoms with Crippen LogP contribution < -0.4 is 4.74 Å². The normalized spacial score (nSPS) is 9.10. The van der Waals surface area contributed by atoms with Crippen LogP contribution in [-0.4, -0.2) is 17.4 Å². The summed E-state index contributed by atoms with van der Waals surface area (Å²) >= 11 is 0. The highest BCUT2D eigenvalue weighted by Gasteiger charge is 2.13. The Morgan fingerprint density at radius 2 is 1.75 bits per heavy atom. The lowest BCUT2D eigenvalue weighted by Gasteiger charge is -2.05. The molecular weight excluding hydrogens is 256 g/mol. The van der Waals surface area contributed by atoms with Crippen molar-refractivity contribution < 1.29 is 19.4 Å². The van der Waals surface area contributed by atoms with Crippen molar-refractivity contribution in [3.63, 3.8) is 0 Å². The van der Waals surface area contributed by atoms with Gasteiger partial charge in [-0.3, -0.25) is 9.59 Å². The average Bonchev–Trinajstić information content (AvgIpc) is 2.50. The summed E-state index contributed by atoms with van der Waals surface area (Å²) in [4.78, 5) is 22.2. The number of aromatic hydroxyl groups is 1. The summed E-state index contributed by atoms with van der Waals surface area (Å²) < 4.78 is 4.58. The summed E-state index contributed by atoms with van der Waals surface area (Å²) in [6, 6.07) is 12.7. The van der Waals surface area contributed by atoms with Gasteiger partial charge in [-0.1, -0.05) is 44.2 Å². The number of ketones is 1. The van der Waals surface area contributed by atoms with E-state index in [-0.39, 0.29) is 29.3 Å². The molecule has 0 aliphatic rings. The molecule has 0 aromatic heterocycles. The van der Waals surface area contributed by atoms with Crippen molar-refractivity contribution in [3.05, 3.63) is 59.7 Å². The van der Waals surface area contributed by atoms with Crippen molar-refractivity contribution in [2.75, 3.05) is 0 Å². The first kappa shape index (κ1) is 15.4. The van der Waals surface area contributed by atoms with Gasteiger partial charge in [0.05, 0.1) is 5.56 Å². The number of benzene rings is 2. The molecule has 0 spiro atoms. The molecule has 0 aliphatic carbocycles. The summed E-state index contributed by atoms with van der Waals surface area (Å²) in [5.74, 6) is -0.318. The topological polar surface area (TPSA) is 63.6 Å². The second-order valence-corrected chi connectivity index (χ2v) is 3.59. The maximum Gasteiger partial charge on any atom is 0.298 e. The van der Waals surface area contributed by atoms with Gasteiger partial charge in [0.25, 0.3) is 6.47 Å². The third kappa shape index (κ3) is 3.68. The Kier molecular flexibility index (Phi) is 5.97. The van der Waals surface area contributed by atoms with E-state index in [9.17, 15) is 14.7 Å². The van der Waals surface area contributed by atoms with Crippen LogP contribution in [0.5, 0.6) is 11.5 Å². The zero-order chi connectivity index (χ0) is 15.0. The predicted octanol–water partition coefficient (Wildman–Crippen LogP) is 3.18. The fourth-order valence-corrected chi connectivity index (χ4v) is 1.58. The third-order valence-electron chi connectivity index (χ3n) is 2.43. The Labute approximate surface area is 117 Å². The minimum Gasteiger partial charge on any atom is -0.507 e. The molecule has 0 saturated heterocycles. The molecule has 4 nitrogen and oxygen atoms in total. The van der Waals surface area contributed by atoms with Crippen molar-refractivity contribution in [1.82, 2.24) is 0 Å². The molecule has 0 fully saturated rings. The molecule has 4 heteroatoms. The number of ether oxygens (including phenoxy) is 1. The van der Waals surface area contributed by atoms with Gasteiger partial charge >= 0.3 is 0 Å². The Hall–Kier alpha value is -2.62. The van der Waals surface area contributed by atoms with Crippen molar-refractivity contribution in [3.8, 4) is 11.5 Å². The molecule has 1 N–H and O–H groups in total. The van der Waals surface area contributed by atoms with Crippen molar-refractivity contribution >= 4 is 12.3 Å². The van der Waals surface area contributed by atoms with Gasteiger partial charge in [0.15, 0.2) is 5.78 Å². The molecule has 0 bridgehead atoms. The second-order valence-electron chi connectivity index (χ2n) is 3.59. The average molecular weight is 272 g/mol. The molecule has 0 unspecified atom stereocenters. The summed E-state index contributed by atoms with van der Waals surface area (Å²) in [5.41, 5.74) is 0.649.